The fraction of sp³-hybridized carbons (Fsp3) is 0.583. The summed E-state index contributed by atoms with van der Waals surface area (Å²) in [4.78, 5) is 3.98. The van der Waals surface area contributed by atoms with Crippen LogP contribution in [0, 0.1) is 12.8 Å². The number of piperidine rings is 1. The minimum atomic E-state index is -3.46. The Bertz CT molecular complexity index is 516. The average Bonchev–Trinajstić information content (AvgIpc) is 2.39. The SMILES string of the molecule is Cc1ccnc(S(=O)(=O)N2CCCC(CN)C2)c1. The highest BCUT2D eigenvalue weighted by Crippen LogP contribution is 2.22. The van der Waals surface area contributed by atoms with Gasteiger partial charge in [0.05, 0.1) is 0 Å². The lowest BCUT2D eigenvalue weighted by Crippen LogP contribution is -2.42. The van der Waals surface area contributed by atoms with Crippen molar-refractivity contribution in [1.82, 2.24) is 9.29 Å². The quantitative estimate of drug-likeness (QED) is 0.878. The third-order valence-corrected chi connectivity index (χ3v) is 5.07. The molecular formula is C12H19N3O2S. The number of nitrogens with two attached hydrogens (primary N) is 1. The maximum Gasteiger partial charge on any atom is 0.260 e. The predicted octanol–water partition coefficient (Wildman–Crippen LogP) is 0.749. The van der Waals surface area contributed by atoms with E-state index >= 15 is 0 Å². The summed E-state index contributed by atoms with van der Waals surface area (Å²) in [6.07, 6.45) is 3.41. The van der Waals surface area contributed by atoms with E-state index < -0.39 is 10.0 Å². The zero-order valence-electron chi connectivity index (χ0n) is 10.5. The number of sulfonamides is 1. The number of aryl methyl sites for hydroxylation is 1. The Morgan fingerprint density at radius 1 is 1.56 bits per heavy atom. The van der Waals surface area contributed by atoms with Crippen molar-refractivity contribution in [3.8, 4) is 0 Å². The number of hydrogen-bond acceptors (Lipinski definition) is 4. The van der Waals surface area contributed by atoms with Gasteiger partial charge >= 0.3 is 0 Å². The molecule has 6 heteroatoms. The molecule has 1 fully saturated rings. The van der Waals surface area contributed by atoms with E-state index in [1.54, 1.807) is 12.1 Å². The third kappa shape index (κ3) is 2.71. The summed E-state index contributed by atoms with van der Waals surface area (Å²) >= 11 is 0. The first-order valence-corrected chi connectivity index (χ1v) is 7.61. The number of hydrogen-bond donors (Lipinski definition) is 1. The second kappa shape index (κ2) is 5.34. The highest BCUT2D eigenvalue weighted by molar-refractivity contribution is 7.89. The molecule has 1 aliphatic heterocycles. The molecule has 1 saturated heterocycles. The highest BCUT2D eigenvalue weighted by Gasteiger charge is 2.30. The molecule has 0 amide bonds. The fourth-order valence-electron chi connectivity index (χ4n) is 2.22. The summed E-state index contributed by atoms with van der Waals surface area (Å²) in [5, 5.41) is 0.139. The normalized spacial score (nSPS) is 22.0. The van der Waals surface area contributed by atoms with Crippen LogP contribution in [0.4, 0.5) is 0 Å². The zero-order valence-corrected chi connectivity index (χ0v) is 11.4. The summed E-state index contributed by atoms with van der Waals surface area (Å²) in [5.41, 5.74) is 6.53. The number of aromatic nitrogens is 1. The fourth-order valence-corrected chi connectivity index (χ4v) is 3.79. The van der Waals surface area contributed by atoms with Gasteiger partial charge in [0.15, 0.2) is 5.03 Å². The van der Waals surface area contributed by atoms with Gasteiger partial charge in [0.2, 0.25) is 0 Å². The van der Waals surface area contributed by atoms with Crippen LogP contribution in [-0.4, -0.2) is 37.3 Å². The zero-order chi connectivity index (χ0) is 13.2. The van der Waals surface area contributed by atoms with Gasteiger partial charge in [-0.25, -0.2) is 13.4 Å². The Kier molecular flexibility index (Phi) is 3.99. The van der Waals surface area contributed by atoms with E-state index in [-0.39, 0.29) is 10.9 Å². The first-order valence-electron chi connectivity index (χ1n) is 6.17. The van der Waals surface area contributed by atoms with Crippen LogP contribution in [0.3, 0.4) is 0 Å². The van der Waals surface area contributed by atoms with E-state index in [9.17, 15) is 8.42 Å². The number of nitrogens with zero attached hydrogens (tertiary/aromatic N) is 2. The topological polar surface area (TPSA) is 76.3 Å². The third-order valence-electron chi connectivity index (χ3n) is 3.31. The van der Waals surface area contributed by atoms with Crippen molar-refractivity contribution < 1.29 is 8.42 Å². The summed E-state index contributed by atoms with van der Waals surface area (Å²) in [6, 6.07) is 3.40. The van der Waals surface area contributed by atoms with Crippen molar-refractivity contribution in [3.05, 3.63) is 23.9 Å². The smallest absolute Gasteiger partial charge is 0.260 e. The molecule has 0 aliphatic carbocycles. The molecule has 2 heterocycles. The molecule has 1 atom stereocenters. The largest absolute Gasteiger partial charge is 0.330 e. The van der Waals surface area contributed by atoms with Gasteiger partial charge in [-0.3, -0.25) is 0 Å². The molecule has 1 aliphatic rings. The molecule has 2 rings (SSSR count). The van der Waals surface area contributed by atoms with Crippen LogP contribution in [0.15, 0.2) is 23.4 Å². The van der Waals surface area contributed by atoms with E-state index in [1.165, 1.54) is 10.5 Å². The molecule has 100 valence electrons. The van der Waals surface area contributed by atoms with Gasteiger partial charge in [-0.1, -0.05) is 0 Å². The Balaban J connectivity index is 2.25. The molecule has 0 aromatic carbocycles. The maximum atomic E-state index is 12.4. The number of rotatable bonds is 3. The lowest BCUT2D eigenvalue weighted by Gasteiger charge is -2.30. The van der Waals surface area contributed by atoms with E-state index in [1.807, 2.05) is 6.92 Å². The van der Waals surface area contributed by atoms with Crippen molar-refractivity contribution in [2.45, 2.75) is 24.8 Å². The van der Waals surface area contributed by atoms with E-state index in [2.05, 4.69) is 4.98 Å². The van der Waals surface area contributed by atoms with Crippen molar-refractivity contribution in [2.24, 2.45) is 11.7 Å². The Morgan fingerprint density at radius 2 is 2.33 bits per heavy atom. The van der Waals surface area contributed by atoms with Gasteiger partial charge < -0.3 is 5.73 Å². The maximum absolute atomic E-state index is 12.4. The van der Waals surface area contributed by atoms with Crippen molar-refractivity contribution in [3.63, 3.8) is 0 Å². The lowest BCUT2D eigenvalue weighted by atomic mass is 10.0. The summed E-state index contributed by atoms with van der Waals surface area (Å²) in [7, 11) is -3.46. The van der Waals surface area contributed by atoms with Crippen LogP contribution in [0.25, 0.3) is 0 Å². The first kappa shape index (κ1) is 13.5. The second-order valence-electron chi connectivity index (χ2n) is 4.78. The Morgan fingerprint density at radius 3 is 3.00 bits per heavy atom. The van der Waals surface area contributed by atoms with Crippen molar-refractivity contribution in [2.75, 3.05) is 19.6 Å². The first-order chi connectivity index (χ1) is 8.54. The van der Waals surface area contributed by atoms with E-state index in [4.69, 9.17) is 5.73 Å². The summed E-state index contributed by atoms with van der Waals surface area (Å²) < 4.78 is 26.4. The van der Waals surface area contributed by atoms with Gasteiger partial charge in [0.1, 0.15) is 0 Å². The second-order valence-corrected chi connectivity index (χ2v) is 6.66. The molecule has 18 heavy (non-hydrogen) atoms. The molecule has 5 nitrogen and oxygen atoms in total. The van der Waals surface area contributed by atoms with E-state index in [0.717, 1.165) is 18.4 Å². The van der Waals surface area contributed by atoms with Gasteiger partial charge in [-0.2, -0.15) is 4.31 Å². The average molecular weight is 269 g/mol. The van der Waals surface area contributed by atoms with Crippen molar-refractivity contribution >= 4 is 10.0 Å². The molecule has 1 unspecified atom stereocenters. The molecular weight excluding hydrogens is 250 g/mol. The number of pyridine rings is 1. The van der Waals surface area contributed by atoms with Gasteiger partial charge in [0, 0.05) is 19.3 Å². The monoisotopic (exact) mass is 269 g/mol. The predicted molar refractivity (Wildman–Crippen MR) is 69.5 cm³/mol. The highest BCUT2D eigenvalue weighted by atomic mass is 32.2. The van der Waals surface area contributed by atoms with Crippen LogP contribution >= 0.6 is 0 Å². The van der Waals surface area contributed by atoms with E-state index in [0.29, 0.717) is 19.6 Å². The molecule has 1 aromatic rings. The minimum Gasteiger partial charge on any atom is -0.330 e. The van der Waals surface area contributed by atoms with Crippen LogP contribution in [-0.2, 0) is 10.0 Å². The minimum absolute atomic E-state index is 0.139. The standard InChI is InChI=1S/C12H19N3O2S/c1-10-4-5-14-12(7-10)18(16,17)15-6-2-3-11(8-13)9-15/h4-5,7,11H,2-3,6,8-9,13H2,1H3. The summed E-state index contributed by atoms with van der Waals surface area (Å²) in [5.74, 6) is 0.262. The Hall–Kier alpha value is -0.980. The van der Waals surface area contributed by atoms with Crippen LogP contribution in [0.1, 0.15) is 18.4 Å². The van der Waals surface area contributed by atoms with Crippen LogP contribution in [0.5, 0.6) is 0 Å². The summed E-state index contributed by atoms with van der Waals surface area (Å²) in [6.45, 7) is 3.47. The molecule has 0 bridgehead atoms. The van der Waals surface area contributed by atoms with Crippen LogP contribution < -0.4 is 5.73 Å². The molecule has 0 saturated carbocycles. The van der Waals surface area contributed by atoms with Crippen LogP contribution in [0.2, 0.25) is 0 Å². The molecule has 0 radical (unpaired) electrons. The van der Waals surface area contributed by atoms with Gasteiger partial charge in [-0.05, 0) is 49.9 Å². The Labute approximate surface area is 108 Å². The molecule has 2 N–H and O–H groups in total. The molecule has 1 aromatic heterocycles. The van der Waals surface area contributed by atoms with Gasteiger partial charge in [-0.15, -0.1) is 0 Å². The molecule has 0 spiro atoms. The van der Waals surface area contributed by atoms with Crippen molar-refractivity contribution in [1.29, 1.82) is 0 Å². The lowest BCUT2D eigenvalue weighted by molar-refractivity contribution is 0.271. The van der Waals surface area contributed by atoms with Gasteiger partial charge in [0.25, 0.3) is 10.0 Å².